The Bertz CT molecular complexity index is 955. The second-order valence-corrected chi connectivity index (χ2v) is 6.92. The normalized spacial score (nSPS) is 16.9. The number of anilines is 1. The highest BCUT2D eigenvalue weighted by atomic mass is 19.4. The van der Waals surface area contributed by atoms with E-state index in [2.05, 4.69) is 10.3 Å². The number of aromatic nitrogens is 1. The molecule has 2 aliphatic heterocycles. The summed E-state index contributed by atoms with van der Waals surface area (Å²) in [6, 6.07) is 11.4. The van der Waals surface area contributed by atoms with Crippen molar-refractivity contribution >= 4 is 23.5 Å². The number of nitrogens with zero attached hydrogens (tertiary/aromatic N) is 2. The van der Waals surface area contributed by atoms with Gasteiger partial charge in [0.25, 0.3) is 5.91 Å². The van der Waals surface area contributed by atoms with E-state index in [1.165, 1.54) is 0 Å². The molecule has 2 amide bonds. The summed E-state index contributed by atoms with van der Waals surface area (Å²) in [5.74, 6) is -2.71. The molecule has 3 heterocycles. The molecule has 0 unspecified atom stereocenters. The van der Waals surface area contributed by atoms with Gasteiger partial charge in [0, 0.05) is 31.2 Å². The van der Waals surface area contributed by atoms with Crippen molar-refractivity contribution in [2.45, 2.75) is 24.4 Å². The van der Waals surface area contributed by atoms with Gasteiger partial charge in [-0.2, -0.15) is 13.2 Å². The highest BCUT2D eigenvalue weighted by Gasteiger charge is 2.48. The maximum Gasteiger partial charge on any atom is 0.490 e. The van der Waals surface area contributed by atoms with Crippen LogP contribution in [0.1, 0.15) is 28.8 Å². The minimum Gasteiger partial charge on any atom is -0.475 e. The van der Waals surface area contributed by atoms with Crippen LogP contribution in [0.3, 0.4) is 0 Å². The zero-order valence-electron chi connectivity index (χ0n) is 15.6. The molecule has 7 nitrogen and oxygen atoms in total. The van der Waals surface area contributed by atoms with Gasteiger partial charge in [-0.3, -0.25) is 14.6 Å². The third-order valence-electron chi connectivity index (χ3n) is 5.18. The molecule has 2 aliphatic rings. The summed E-state index contributed by atoms with van der Waals surface area (Å²) in [7, 11) is 0. The number of carboxylic acid groups (broad SMARTS) is 1. The fourth-order valence-corrected chi connectivity index (χ4v) is 3.63. The van der Waals surface area contributed by atoms with Gasteiger partial charge in [-0.25, -0.2) is 4.79 Å². The summed E-state index contributed by atoms with van der Waals surface area (Å²) in [5, 5.41) is 10.1. The molecular weight excluding hydrogens is 403 g/mol. The van der Waals surface area contributed by atoms with E-state index in [0.29, 0.717) is 31.5 Å². The first-order valence-corrected chi connectivity index (χ1v) is 9.05. The summed E-state index contributed by atoms with van der Waals surface area (Å²) < 4.78 is 31.7. The SMILES string of the molecule is O=C(O)C(F)(F)F.O=C(c1cccnc1)N1CCC2(CC1)C(=O)Nc1ccccc12. The van der Waals surface area contributed by atoms with Gasteiger partial charge in [0.05, 0.1) is 11.0 Å². The van der Waals surface area contributed by atoms with Crippen LogP contribution in [0.15, 0.2) is 48.8 Å². The number of carbonyl (C=O) groups excluding carboxylic acids is 2. The van der Waals surface area contributed by atoms with E-state index in [1.807, 2.05) is 29.2 Å². The minimum atomic E-state index is -5.08. The van der Waals surface area contributed by atoms with Gasteiger partial charge in [-0.15, -0.1) is 0 Å². The van der Waals surface area contributed by atoms with Crippen molar-refractivity contribution in [1.82, 2.24) is 9.88 Å². The monoisotopic (exact) mass is 421 g/mol. The molecule has 30 heavy (non-hydrogen) atoms. The average molecular weight is 421 g/mol. The molecule has 0 atom stereocenters. The van der Waals surface area contributed by atoms with Gasteiger partial charge in [0.1, 0.15) is 0 Å². The molecule has 4 rings (SSSR count). The molecule has 158 valence electrons. The second kappa shape index (κ2) is 8.13. The summed E-state index contributed by atoms with van der Waals surface area (Å²) in [5.41, 5.74) is 2.09. The molecule has 10 heteroatoms. The van der Waals surface area contributed by atoms with E-state index in [-0.39, 0.29) is 11.8 Å². The highest BCUT2D eigenvalue weighted by molar-refractivity contribution is 6.06. The standard InChI is InChI=1S/C18H17N3O2.C2HF3O2/c22-16(13-4-3-9-19-12-13)21-10-7-18(8-11-21)14-5-1-2-6-15(14)20-17(18)23;3-2(4,5)1(6)7/h1-6,9,12H,7-8,10-11H2,(H,20,23);(H,6,7). The van der Waals surface area contributed by atoms with Gasteiger partial charge < -0.3 is 15.3 Å². The number of amides is 2. The molecule has 0 radical (unpaired) electrons. The Morgan fingerprint density at radius 1 is 1.10 bits per heavy atom. The van der Waals surface area contributed by atoms with E-state index >= 15 is 0 Å². The Kier molecular flexibility index (Phi) is 5.77. The first-order chi connectivity index (χ1) is 14.1. The van der Waals surface area contributed by atoms with Crippen LogP contribution in [0.4, 0.5) is 18.9 Å². The van der Waals surface area contributed by atoms with Gasteiger partial charge in [-0.05, 0) is 36.6 Å². The number of hydrogen-bond acceptors (Lipinski definition) is 4. The van der Waals surface area contributed by atoms with E-state index in [9.17, 15) is 22.8 Å². The summed E-state index contributed by atoms with van der Waals surface area (Å²) in [6.45, 7) is 1.16. The van der Waals surface area contributed by atoms with Crippen molar-refractivity contribution in [3.8, 4) is 0 Å². The Morgan fingerprint density at radius 2 is 1.73 bits per heavy atom. The maximum absolute atomic E-state index is 12.5. The Hall–Kier alpha value is -3.43. The number of halogens is 3. The Morgan fingerprint density at radius 3 is 2.30 bits per heavy atom. The summed E-state index contributed by atoms with van der Waals surface area (Å²) in [4.78, 5) is 39.8. The lowest BCUT2D eigenvalue weighted by molar-refractivity contribution is -0.192. The van der Waals surface area contributed by atoms with E-state index in [1.54, 1.807) is 24.5 Å². The lowest BCUT2D eigenvalue weighted by Crippen LogP contribution is -2.48. The number of fused-ring (bicyclic) bond motifs is 2. The van der Waals surface area contributed by atoms with Crippen molar-refractivity contribution in [2.75, 3.05) is 18.4 Å². The molecule has 2 N–H and O–H groups in total. The highest BCUT2D eigenvalue weighted by Crippen LogP contribution is 2.44. The van der Waals surface area contributed by atoms with Gasteiger partial charge in [-0.1, -0.05) is 18.2 Å². The van der Waals surface area contributed by atoms with Gasteiger partial charge in [0.15, 0.2) is 0 Å². The number of aliphatic carboxylic acids is 1. The zero-order valence-corrected chi connectivity index (χ0v) is 15.6. The van der Waals surface area contributed by atoms with Crippen molar-refractivity contribution in [3.05, 3.63) is 59.9 Å². The molecule has 2 aromatic rings. The third kappa shape index (κ3) is 4.12. The van der Waals surface area contributed by atoms with Crippen LogP contribution in [-0.2, 0) is 15.0 Å². The molecule has 1 saturated heterocycles. The zero-order chi connectivity index (χ0) is 21.9. The number of rotatable bonds is 1. The second-order valence-electron chi connectivity index (χ2n) is 6.92. The molecule has 1 aromatic heterocycles. The molecular formula is C20H18F3N3O4. The van der Waals surface area contributed by atoms with Gasteiger partial charge in [0.2, 0.25) is 5.91 Å². The quantitative estimate of drug-likeness (QED) is 0.738. The summed E-state index contributed by atoms with van der Waals surface area (Å²) >= 11 is 0. The maximum atomic E-state index is 12.5. The predicted molar refractivity (Wildman–Crippen MR) is 99.8 cm³/mol. The number of alkyl halides is 3. The molecule has 1 spiro atoms. The van der Waals surface area contributed by atoms with Crippen LogP contribution >= 0.6 is 0 Å². The largest absolute Gasteiger partial charge is 0.490 e. The van der Waals surface area contributed by atoms with Crippen LogP contribution in [0.2, 0.25) is 0 Å². The van der Waals surface area contributed by atoms with Gasteiger partial charge >= 0.3 is 12.1 Å². The lowest BCUT2D eigenvalue weighted by atomic mass is 9.73. The predicted octanol–water partition coefficient (Wildman–Crippen LogP) is 2.84. The molecule has 0 aliphatic carbocycles. The Balaban J connectivity index is 0.000000318. The number of benzene rings is 1. The number of pyridine rings is 1. The van der Waals surface area contributed by atoms with Crippen molar-refractivity contribution in [1.29, 1.82) is 0 Å². The minimum absolute atomic E-state index is 0.0142. The number of carboxylic acids is 1. The molecule has 0 saturated carbocycles. The number of piperidine rings is 1. The lowest BCUT2D eigenvalue weighted by Gasteiger charge is -2.38. The molecule has 0 bridgehead atoms. The van der Waals surface area contributed by atoms with Crippen LogP contribution < -0.4 is 5.32 Å². The smallest absolute Gasteiger partial charge is 0.475 e. The number of para-hydroxylation sites is 1. The Labute approximate surface area is 169 Å². The number of likely N-dealkylation sites (tertiary alicyclic amines) is 1. The third-order valence-corrected chi connectivity index (χ3v) is 5.18. The fourth-order valence-electron chi connectivity index (χ4n) is 3.63. The molecule has 1 aromatic carbocycles. The number of carbonyl (C=O) groups is 3. The van der Waals surface area contributed by atoms with Crippen LogP contribution in [0, 0.1) is 0 Å². The number of hydrogen-bond donors (Lipinski definition) is 2. The van der Waals surface area contributed by atoms with Crippen LogP contribution in [0.25, 0.3) is 0 Å². The van der Waals surface area contributed by atoms with Crippen LogP contribution in [-0.4, -0.2) is 52.0 Å². The fraction of sp³-hybridized carbons (Fsp3) is 0.300. The van der Waals surface area contributed by atoms with Crippen molar-refractivity contribution < 1.29 is 32.7 Å². The average Bonchev–Trinajstić information content (AvgIpc) is 3.00. The first kappa shape index (κ1) is 21.3. The topological polar surface area (TPSA) is 99.6 Å². The van der Waals surface area contributed by atoms with Crippen molar-refractivity contribution in [3.63, 3.8) is 0 Å². The molecule has 1 fully saturated rings. The van der Waals surface area contributed by atoms with Crippen molar-refractivity contribution in [2.24, 2.45) is 0 Å². The van der Waals surface area contributed by atoms with E-state index in [0.717, 1.165) is 11.3 Å². The van der Waals surface area contributed by atoms with E-state index in [4.69, 9.17) is 9.90 Å². The first-order valence-electron chi connectivity index (χ1n) is 9.05. The number of nitrogens with one attached hydrogen (secondary N) is 1. The van der Waals surface area contributed by atoms with E-state index < -0.39 is 17.6 Å². The summed E-state index contributed by atoms with van der Waals surface area (Å²) in [6.07, 6.45) is -0.532. The van der Waals surface area contributed by atoms with Crippen LogP contribution in [0.5, 0.6) is 0 Å².